The molecule has 0 heterocycles. The number of hydrogen-bond donors (Lipinski definition) is 0. The molecule has 4 atom stereocenters. The van der Waals surface area contributed by atoms with E-state index in [1.54, 1.807) is 0 Å². The third kappa shape index (κ3) is 2.75. The Hall–Kier alpha value is -1.80. The highest BCUT2D eigenvalue weighted by molar-refractivity contribution is 6.24. The van der Waals surface area contributed by atoms with E-state index in [0.29, 0.717) is 17.6 Å². The third-order valence-electron chi connectivity index (χ3n) is 6.59. The van der Waals surface area contributed by atoms with Gasteiger partial charge in [-0.15, -0.1) is 11.6 Å². The highest BCUT2D eigenvalue weighted by Gasteiger charge is 2.60. The molecule has 0 saturated heterocycles. The van der Waals surface area contributed by atoms with Crippen molar-refractivity contribution in [3.05, 3.63) is 54.6 Å². The monoisotopic (exact) mass is 366 g/mol. The minimum Gasteiger partial charge on any atom is -0.426 e. The van der Waals surface area contributed by atoms with Crippen molar-refractivity contribution in [3.8, 4) is 16.9 Å². The van der Waals surface area contributed by atoms with Crippen LogP contribution in [0.25, 0.3) is 11.1 Å². The number of benzene rings is 2. The number of carbonyl (C=O) groups is 1. The minimum absolute atomic E-state index is 0.0657. The molecule has 6 rings (SSSR count). The molecule has 4 aliphatic rings. The van der Waals surface area contributed by atoms with Crippen molar-refractivity contribution in [2.24, 2.45) is 17.3 Å². The van der Waals surface area contributed by atoms with E-state index in [2.05, 4.69) is 12.1 Å². The molecule has 0 aromatic heterocycles. The second-order valence-electron chi connectivity index (χ2n) is 8.67. The summed E-state index contributed by atoms with van der Waals surface area (Å²) in [6.45, 7) is 0. The van der Waals surface area contributed by atoms with Crippen LogP contribution in [0.2, 0.25) is 0 Å². The first kappa shape index (κ1) is 16.4. The van der Waals surface area contributed by atoms with Crippen molar-refractivity contribution >= 4 is 17.6 Å². The smallest absolute Gasteiger partial charge is 0.317 e. The zero-order valence-electron chi connectivity index (χ0n) is 14.8. The van der Waals surface area contributed by atoms with E-state index >= 15 is 0 Å². The Balaban J connectivity index is 1.34. The van der Waals surface area contributed by atoms with Crippen molar-refractivity contribution in [1.82, 2.24) is 0 Å². The lowest BCUT2D eigenvalue weighted by Gasteiger charge is -2.58. The highest BCUT2D eigenvalue weighted by Crippen LogP contribution is 2.64. The molecule has 0 spiro atoms. The fourth-order valence-electron chi connectivity index (χ4n) is 5.95. The predicted molar refractivity (Wildman–Crippen MR) is 103 cm³/mol. The second-order valence-corrected chi connectivity index (χ2v) is 9.47. The van der Waals surface area contributed by atoms with Crippen LogP contribution in [0.1, 0.15) is 38.5 Å². The first-order valence-corrected chi connectivity index (χ1v) is 9.98. The lowest BCUT2D eigenvalue weighted by molar-refractivity contribution is -0.159. The second kappa shape index (κ2) is 5.85. The van der Waals surface area contributed by atoms with Gasteiger partial charge in [0.05, 0.1) is 5.41 Å². The van der Waals surface area contributed by atoms with E-state index in [1.165, 1.54) is 6.42 Å². The third-order valence-corrected chi connectivity index (χ3v) is 7.04. The fraction of sp³-hybridized carbons (Fsp3) is 0.435. The molecule has 0 amide bonds. The van der Waals surface area contributed by atoms with Crippen LogP contribution in [0, 0.1) is 17.3 Å². The Labute approximate surface area is 159 Å². The molecule has 2 aromatic carbocycles. The van der Waals surface area contributed by atoms with Crippen LogP contribution >= 0.6 is 11.6 Å². The number of carbonyl (C=O) groups excluding carboxylic acids is 1. The van der Waals surface area contributed by atoms with Gasteiger partial charge >= 0.3 is 5.97 Å². The van der Waals surface area contributed by atoms with Gasteiger partial charge in [0, 0.05) is 4.87 Å². The standard InChI is InChI=1S/C23H23ClO2/c24-23-13-16-10-17(14-23)12-22(11-16,15-23)21(25)26-20-8-6-19(7-9-20)18-4-2-1-3-5-18/h1-9,16-17H,10-15H2/t16-,17+,22?,23?. The summed E-state index contributed by atoms with van der Waals surface area (Å²) in [6.07, 6.45) is 6.10. The molecular weight excluding hydrogens is 344 g/mol. The summed E-state index contributed by atoms with van der Waals surface area (Å²) in [5, 5.41) is 0. The minimum atomic E-state index is -0.357. The van der Waals surface area contributed by atoms with Gasteiger partial charge in [0.25, 0.3) is 0 Å². The van der Waals surface area contributed by atoms with E-state index < -0.39 is 0 Å². The Morgan fingerprint density at radius 3 is 2.12 bits per heavy atom. The van der Waals surface area contributed by atoms with Crippen LogP contribution < -0.4 is 4.74 Å². The van der Waals surface area contributed by atoms with Gasteiger partial charge in [-0.05, 0) is 73.6 Å². The maximum atomic E-state index is 13.1. The fourth-order valence-corrected chi connectivity index (χ4v) is 6.64. The molecule has 4 aliphatic carbocycles. The van der Waals surface area contributed by atoms with E-state index in [0.717, 1.165) is 43.2 Å². The quantitative estimate of drug-likeness (QED) is 0.387. The van der Waals surface area contributed by atoms with E-state index in [4.69, 9.17) is 16.3 Å². The zero-order valence-corrected chi connectivity index (χ0v) is 15.5. The molecule has 2 aromatic rings. The number of rotatable bonds is 3. The maximum absolute atomic E-state index is 13.1. The van der Waals surface area contributed by atoms with Crippen LogP contribution in [0.15, 0.2) is 54.6 Å². The molecule has 0 N–H and O–H groups in total. The zero-order chi connectivity index (χ0) is 17.8. The molecule has 2 unspecified atom stereocenters. The molecule has 4 bridgehead atoms. The number of esters is 1. The van der Waals surface area contributed by atoms with Gasteiger partial charge in [0.1, 0.15) is 5.75 Å². The van der Waals surface area contributed by atoms with Gasteiger partial charge in [-0.3, -0.25) is 4.79 Å². The number of ether oxygens (including phenoxy) is 1. The molecular formula is C23H23ClO2. The maximum Gasteiger partial charge on any atom is 0.317 e. The topological polar surface area (TPSA) is 26.3 Å². The van der Waals surface area contributed by atoms with Crippen LogP contribution in [0.4, 0.5) is 0 Å². The molecule has 3 heteroatoms. The van der Waals surface area contributed by atoms with E-state index in [-0.39, 0.29) is 16.3 Å². The summed E-state index contributed by atoms with van der Waals surface area (Å²) in [4.78, 5) is 12.9. The Morgan fingerprint density at radius 2 is 1.50 bits per heavy atom. The molecule has 134 valence electrons. The first-order valence-electron chi connectivity index (χ1n) is 9.60. The predicted octanol–water partition coefficient (Wildman–Crippen LogP) is 5.84. The van der Waals surface area contributed by atoms with Crippen LogP contribution in [-0.4, -0.2) is 10.8 Å². The van der Waals surface area contributed by atoms with Gasteiger partial charge in [0.15, 0.2) is 0 Å². The average Bonchev–Trinajstić information content (AvgIpc) is 2.61. The van der Waals surface area contributed by atoms with E-state index in [1.807, 2.05) is 42.5 Å². The van der Waals surface area contributed by atoms with Gasteiger partial charge in [0.2, 0.25) is 0 Å². The summed E-state index contributed by atoms with van der Waals surface area (Å²) < 4.78 is 5.84. The summed E-state index contributed by atoms with van der Waals surface area (Å²) in [7, 11) is 0. The van der Waals surface area contributed by atoms with Gasteiger partial charge < -0.3 is 4.74 Å². The number of alkyl halides is 1. The van der Waals surface area contributed by atoms with Gasteiger partial charge in [-0.1, -0.05) is 42.5 Å². The van der Waals surface area contributed by atoms with Crippen molar-refractivity contribution in [3.63, 3.8) is 0 Å². The van der Waals surface area contributed by atoms with Crippen LogP contribution in [0.5, 0.6) is 5.75 Å². The lowest BCUT2D eigenvalue weighted by atomic mass is 9.49. The lowest BCUT2D eigenvalue weighted by Crippen LogP contribution is -2.56. The Bertz CT molecular complexity index is 813. The molecule has 26 heavy (non-hydrogen) atoms. The Morgan fingerprint density at radius 1 is 0.885 bits per heavy atom. The van der Waals surface area contributed by atoms with Gasteiger partial charge in [-0.2, -0.15) is 0 Å². The SMILES string of the molecule is O=C(Oc1ccc(-c2ccccc2)cc1)C12C[C@@H]3C[C@@H](CC(Cl)(C3)C1)C2. The first-order chi connectivity index (χ1) is 12.5. The number of hydrogen-bond acceptors (Lipinski definition) is 2. The molecule has 4 saturated carbocycles. The summed E-state index contributed by atoms with van der Waals surface area (Å²) in [5.74, 6) is 1.77. The molecule has 0 aliphatic heterocycles. The van der Waals surface area contributed by atoms with Crippen molar-refractivity contribution in [2.75, 3.05) is 0 Å². The van der Waals surface area contributed by atoms with E-state index in [9.17, 15) is 4.79 Å². The van der Waals surface area contributed by atoms with Crippen molar-refractivity contribution in [1.29, 1.82) is 0 Å². The molecule has 0 radical (unpaired) electrons. The summed E-state index contributed by atoms with van der Waals surface area (Å²) >= 11 is 6.85. The van der Waals surface area contributed by atoms with Crippen LogP contribution in [-0.2, 0) is 4.79 Å². The largest absolute Gasteiger partial charge is 0.426 e. The van der Waals surface area contributed by atoms with Crippen LogP contribution in [0.3, 0.4) is 0 Å². The molecule has 2 nitrogen and oxygen atoms in total. The summed E-state index contributed by atoms with van der Waals surface area (Å²) in [5.41, 5.74) is 1.93. The molecule has 4 fully saturated rings. The van der Waals surface area contributed by atoms with Crippen molar-refractivity contribution in [2.45, 2.75) is 43.4 Å². The average molecular weight is 367 g/mol. The van der Waals surface area contributed by atoms with Crippen molar-refractivity contribution < 1.29 is 9.53 Å². The number of halogens is 1. The Kier molecular flexibility index (Phi) is 3.69. The van der Waals surface area contributed by atoms with Gasteiger partial charge in [-0.25, -0.2) is 0 Å². The normalized spacial score (nSPS) is 34.7. The summed E-state index contributed by atoms with van der Waals surface area (Å²) in [6, 6.07) is 18.0. The highest BCUT2D eigenvalue weighted by atomic mass is 35.5.